The van der Waals surface area contributed by atoms with Gasteiger partial charge in [0, 0.05) is 24.3 Å². The molecule has 3 heteroatoms. The van der Waals surface area contributed by atoms with Crippen molar-refractivity contribution in [2.45, 2.75) is 33.4 Å². The highest BCUT2D eigenvalue weighted by Gasteiger charge is 2.08. The van der Waals surface area contributed by atoms with Crippen molar-refractivity contribution in [3.8, 4) is 0 Å². The van der Waals surface area contributed by atoms with Crippen LogP contribution in [0.1, 0.15) is 23.4 Å². The Morgan fingerprint density at radius 2 is 2.23 bits per heavy atom. The van der Waals surface area contributed by atoms with Gasteiger partial charge in [-0.25, -0.2) is 0 Å². The van der Waals surface area contributed by atoms with Gasteiger partial charge in [-0.15, -0.1) is 6.58 Å². The van der Waals surface area contributed by atoms with Gasteiger partial charge in [0.2, 0.25) is 0 Å². The first kappa shape index (κ1) is 9.99. The van der Waals surface area contributed by atoms with Crippen LogP contribution >= 0.6 is 0 Å². The third-order valence-corrected chi connectivity index (χ3v) is 2.28. The minimum Gasteiger partial charge on any atom is -0.326 e. The number of allylic oxidation sites excluding steroid dienone is 1. The molecule has 0 bridgehead atoms. The molecule has 0 atom stereocenters. The van der Waals surface area contributed by atoms with E-state index in [1.165, 1.54) is 11.3 Å². The number of hydrogen-bond acceptors (Lipinski definition) is 2. The molecule has 1 heterocycles. The minimum atomic E-state index is 0.575. The van der Waals surface area contributed by atoms with E-state index in [2.05, 4.69) is 18.6 Å². The second-order valence-corrected chi connectivity index (χ2v) is 3.15. The van der Waals surface area contributed by atoms with Crippen molar-refractivity contribution >= 4 is 0 Å². The topological polar surface area (TPSA) is 43.8 Å². The largest absolute Gasteiger partial charge is 0.326 e. The first-order chi connectivity index (χ1) is 6.20. The zero-order valence-corrected chi connectivity index (χ0v) is 8.38. The van der Waals surface area contributed by atoms with Gasteiger partial charge in [0.1, 0.15) is 0 Å². The molecular formula is C10H17N3. The minimum absolute atomic E-state index is 0.575. The molecule has 2 N–H and O–H groups in total. The molecule has 13 heavy (non-hydrogen) atoms. The maximum Gasteiger partial charge on any atom is 0.0641 e. The summed E-state index contributed by atoms with van der Waals surface area (Å²) in [5.74, 6) is 0. The molecule has 0 unspecified atom stereocenters. The van der Waals surface area contributed by atoms with Crippen LogP contribution < -0.4 is 5.73 Å². The number of rotatable bonds is 4. The van der Waals surface area contributed by atoms with Gasteiger partial charge in [0.05, 0.1) is 5.69 Å². The van der Waals surface area contributed by atoms with E-state index in [-0.39, 0.29) is 0 Å². The number of nitrogens with zero attached hydrogens (tertiary/aromatic N) is 2. The molecule has 0 aliphatic rings. The Hall–Kier alpha value is -1.09. The molecule has 0 fully saturated rings. The summed E-state index contributed by atoms with van der Waals surface area (Å²) >= 11 is 0. The molecule has 0 amide bonds. The van der Waals surface area contributed by atoms with Crippen LogP contribution in [0.2, 0.25) is 0 Å². The number of hydrogen-bond donors (Lipinski definition) is 1. The van der Waals surface area contributed by atoms with Crippen LogP contribution in [0.25, 0.3) is 0 Å². The van der Waals surface area contributed by atoms with Crippen LogP contribution in [0.15, 0.2) is 12.7 Å². The Bertz CT molecular complexity index is 299. The zero-order valence-electron chi connectivity index (χ0n) is 8.38. The summed E-state index contributed by atoms with van der Waals surface area (Å²) in [4.78, 5) is 0. The van der Waals surface area contributed by atoms with Crippen LogP contribution in [0.3, 0.4) is 0 Å². The lowest BCUT2D eigenvalue weighted by atomic mass is 10.2. The maximum absolute atomic E-state index is 5.62. The molecule has 3 nitrogen and oxygen atoms in total. The first-order valence-electron chi connectivity index (χ1n) is 4.54. The van der Waals surface area contributed by atoms with E-state index >= 15 is 0 Å². The van der Waals surface area contributed by atoms with Crippen LogP contribution in [-0.4, -0.2) is 9.78 Å². The highest BCUT2D eigenvalue weighted by atomic mass is 15.3. The van der Waals surface area contributed by atoms with E-state index in [1.54, 1.807) is 0 Å². The maximum atomic E-state index is 5.62. The summed E-state index contributed by atoms with van der Waals surface area (Å²) in [6.45, 7) is 9.22. The summed E-state index contributed by atoms with van der Waals surface area (Å²) in [6.07, 6.45) is 2.85. The van der Waals surface area contributed by atoms with Crippen molar-refractivity contribution in [2.75, 3.05) is 0 Å². The van der Waals surface area contributed by atoms with E-state index in [1.807, 2.05) is 17.7 Å². The SMILES string of the molecule is C=CCCn1nc(C)c(CN)c1C. The van der Waals surface area contributed by atoms with Crippen LogP contribution in [0.5, 0.6) is 0 Å². The summed E-state index contributed by atoms with van der Waals surface area (Å²) < 4.78 is 2.00. The van der Waals surface area contributed by atoms with E-state index in [4.69, 9.17) is 5.73 Å². The molecule has 1 aromatic rings. The molecule has 0 radical (unpaired) electrons. The van der Waals surface area contributed by atoms with Gasteiger partial charge in [-0.05, 0) is 20.3 Å². The monoisotopic (exact) mass is 179 g/mol. The Morgan fingerprint density at radius 1 is 1.54 bits per heavy atom. The average molecular weight is 179 g/mol. The van der Waals surface area contributed by atoms with Crippen molar-refractivity contribution in [2.24, 2.45) is 5.73 Å². The molecular weight excluding hydrogens is 162 g/mol. The quantitative estimate of drug-likeness (QED) is 0.712. The molecule has 0 aliphatic carbocycles. The zero-order chi connectivity index (χ0) is 9.84. The number of aryl methyl sites for hydroxylation is 2. The first-order valence-corrected chi connectivity index (χ1v) is 4.54. The molecule has 0 aliphatic heterocycles. The van der Waals surface area contributed by atoms with Crippen molar-refractivity contribution in [3.05, 3.63) is 29.6 Å². The normalized spacial score (nSPS) is 10.4. The van der Waals surface area contributed by atoms with Crippen molar-refractivity contribution in [1.82, 2.24) is 9.78 Å². The summed E-state index contributed by atoms with van der Waals surface area (Å²) in [5.41, 5.74) is 9.02. The Balaban J connectivity index is 2.89. The molecule has 0 aromatic carbocycles. The standard InChI is InChI=1S/C10H17N3/c1-4-5-6-13-9(3)10(7-11)8(2)12-13/h4H,1,5-7,11H2,2-3H3. The Kier molecular flexibility index (Phi) is 3.25. The van der Waals surface area contributed by atoms with Crippen LogP contribution in [0, 0.1) is 13.8 Å². The van der Waals surface area contributed by atoms with Gasteiger partial charge in [0.15, 0.2) is 0 Å². The van der Waals surface area contributed by atoms with Gasteiger partial charge in [-0.3, -0.25) is 4.68 Å². The number of aromatic nitrogens is 2. The molecule has 0 spiro atoms. The third-order valence-electron chi connectivity index (χ3n) is 2.28. The fraction of sp³-hybridized carbons (Fsp3) is 0.500. The molecule has 1 aromatic heterocycles. The lowest BCUT2D eigenvalue weighted by Gasteiger charge is -2.01. The van der Waals surface area contributed by atoms with E-state index in [0.29, 0.717) is 6.54 Å². The summed E-state index contributed by atoms with van der Waals surface area (Å²) in [6, 6.07) is 0. The van der Waals surface area contributed by atoms with Crippen molar-refractivity contribution in [3.63, 3.8) is 0 Å². The van der Waals surface area contributed by atoms with Gasteiger partial charge in [0.25, 0.3) is 0 Å². The smallest absolute Gasteiger partial charge is 0.0641 e. The second kappa shape index (κ2) is 4.23. The van der Waals surface area contributed by atoms with Gasteiger partial charge in [-0.2, -0.15) is 5.10 Å². The summed E-state index contributed by atoms with van der Waals surface area (Å²) in [5, 5.41) is 4.41. The third kappa shape index (κ3) is 1.98. The fourth-order valence-electron chi connectivity index (χ4n) is 1.46. The molecule has 0 saturated heterocycles. The Morgan fingerprint density at radius 3 is 2.69 bits per heavy atom. The van der Waals surface area contributed by atoms with Crippen LogP contribution in [0.4, 0.5) is 0 Å². The van der Waals surface area contributed by atoms with Crippen molar-refractivity contribution < 1.29 is 0 Å². The fourth-order valence-corrected chi connectivity index (χ4v) is 1.46. The van der Waals surface area contributed by atoms with E-state index < -0.39 is 0 Å². The van der Waals surface area contributed by atoms with E-state index in [9.17, 15) is 0 Å². The lowest BCUT2D eigenvalue weighted by molar-refractivity contribution is 0.601. The number of nitrogens with two attached hydrogens (primary N) is 1. The lowest BCUT2D eigenvalue weighted by Crippen LogP contribution is -2.03. The van der Waals surface area contributed by atoms with Crippen molar-refractivity contribution in [1.29, 1.82) is 0 Å². The van der Waals surface area contributed by atoms with Crippen LogP contribution in [-0.2, 0) is 13.1 Å². The Labute approximate surface area is 79.2 Å². The predicted molar refractivity (Wildman–Crippen MR) is 54.4 cm³/mol. The summed E-state index contributed by atoms with van der Waals surface area (Å²) in [7, 11) is 0. The highest BCUT2D eigenvalue weighted by molar-refractivity contribution is 5.23. The molecule has 1 rings (SSSR count). The van der Waals surface area contributed by atoms with E-state index in [0.717, 1.165) is 18.7 Å². The molecule has 0 saturated carbocycles. The van der Waals surface area contributed by atoms with Gasteiger partial charge >= 0.3 is 0 Å². The predicted octanol–water partition coefficient (Wildman–Crippen LogP) is 1.53. The second-order valence-electron chi connectivity index (χ2n) is 3.15. The van der Waals surface area contributed by atoms with Gasteiger partial charge < -0.3 is 5.73 Å². The van der Waals surface area contributed by atoms with Gasteiger partial charge in [-0.1, -0.05) is 6.08 Å². The molecule has 72 valence electrons. The highest BCUT2D eigenvalue weighted by Crippen LogP contribution is 2.12. The average Bonchev–Trinajstić information content (AvgIpc) is 2.38.